The van der Waals surface area contributed by atoms with E-state index >= 15 is 0 Å². The number of hydrogen-bond acceptors (Lipinski definition) is 3. The zero-order chi connectivity index (χ0) is 12.3. The molecule has 0 saturated carbocycles. The van der Waals surface area contributed by atoms with Gasteiger partial charge in [0.25, 0.3) is 0 Å². The molecule has 0 spiro atoms. The van der Waals surface area contributed by atoms with Crippen molar-refractivity contribution in [2.45, 2.75) is 38.8 Å². The van der Waals surface area contributed by atoms with Gasteiger partial charge in [0.15, 0.2) is 0 Å². The maximum Gasteiger partial charge on any atom is 0.122 e. The van der Waals surface area contributed by atoms with Gasteiger partial charge < -0.3 is 15.8 Å². The standard InChI is InChI=1S/C14H22N2O/c1-14(2,15)10-16-9-11-5-6-13-12(8-11)4-3-7-17-13/h5-6,8,16H,3-4,7,9-10,15H2,1-2H3. The molecule has 1 aliphatic rings. The molecule has 3 heteroatoms. The molecule has 3 N–H and O–H groups in total. The summed E-state index contributed by atoms with van der Waals surface area (Å²) in [6, 6.07) is 6.45. The molecule has 94 valence electrons. The topological polar surface area (TPSA) is 47.3 Å². The third kappa shape index (κ3) is 3.72. The van der Waals surface area contributed by atoms with E-state index in [0.717, 1.165) is 38.3 Å². The molecule has 0 aromatic heterocycles. The van der Waals surface area contributed by atoms with Crippen molar-refractivity contribution >= 4 is 0 Å². The summed E-state index contributed by atoms with van der Waals surface area (Å²) in [6.07, 6.45) is 2.26. The molecule has 0 bridgehead atoms. The lowest BCUT2D eigenvalue weighted by molar-refractivity contribution is 0.288. The van der Waals surface area contributed by atoms with Gasteiger partial charge in [0.2, 0.25) is 0 Å². The summed E-state index contributed by atoms with van der Waals surface area (Å²) in [5, 5.41) is 3.38. The predicted molar refractivity (Wildman–Crippen MR) is 70.2 cm³/mol. The van der Waals surface area contributed by atoms with Crippen molar-refractivity contribution in [3.63, 3.8) is 0 Å². The molecule has 17 heavy (non-hydrogen) atoms. The maximum atomic E-state index is 5.93. The summed E-state index contributed by atoms with van der Waals surface area (Å²) in [5.41, 5.74) is 8.41. The van der Waals surface area contributed by atoms with E-state index in [0.29, 0.717) is 0 Å². The van der Waals surface area contributed by atoms with E-state index in [1.165, 1.54) is 11.1 Å². The quantitative estimate of drug-likeness (QED) is 0.835. The molecule has 0 amide bonds. The second kappa shape index (κ2) is 5.07. The Bertz CT molecular complexity index is 382. The van der Waals surface area contributed by atoms with E-state index in [9.17, 15) is 0 Å². The van der Waals surface area contributed by atoms with Crippen molar-refractivity contribution in [1.29, 1.82) is 0 Å². The first-order chi connectivity index (χ1) is 8.04. The highest BCUT2D eigenvalue weighted by molar-refractivity contribution is 5.38. The van der Waals surface area contributed by atoms with Gasteiger partial charge in [0, 0.05) is 18.6 Å². The third-order valence-corrected chi connectivity index (χ3v) is 2.88. The fourth-order valence-corrected chi connectivity index (χ4v) is 2.05. The van der Waals surface area contributed by atoms with Gasteiger partial charge in [-0.05, 0) is 43.9 Å². The number of aryl methyl sites for hydroxylation is 1. The van der Waals surface area contributed by atoms with Crippen LogP contribution in [0.3, 0.4) is 0 Å². The van der Waals surface area contributed by atoms with Crippen molar-refractivity contribution < 1.29 is 4.74 Å². The molecule has 0 aliphatic carbocycles. The lowest BCUT2D eigenvalue weighted by atomic mass is 10.0. The predicted octanol–water partition coefficient (Wildman–Crippen LogP) is 1.84. The summed E-state index contributed by atoms with van der Waals surface area (Å²) < 4.78 is 5.60. The minimum atomic E-state index is -0.155. The van der Waals surface area contributed by atoms with Crippen LogP contribution in [0.2, 0.25) is 0 Å². The van der Waals surface area contributed by atoms with Crippen molar-refractivity contribution in [3.8, 4) is 5.75 Å². The molecule has 1 heterocycles. The van der Waals surface area contributed by atoms with Gasteiger partial charge in [0.05, 0.1) is 6.61 Å². The Labute approximate surface area is 103 Å². The van der Waals surface area contributed by atoms with Gasteiger partial charge in [-0.15, -0.1) is 0 Å². The number of nitrogens with two attached hydrogens (primary N) is 1. The highest BCUT2D eigenvalue weighted by atomic mass is 16.5. The van der Waals surface area contributed by atoms with E-state index in [2.05, 4.69) is 23.5 Å². The average molecular weight is 234 g/mol. The Hall–Kier alpha value is -1.06. The lowest BCUT2D eigenvalue weighted by Crippen LogP contribution is -2.42. The van der Waals surface area contributed by atoms with Crippen LogP contribution in [0, 0.1) is 0 Å². The zero-order valence-electron chi connectivity index (χ0n) is 10.8. The first kappa shape index (κ1) is 12.4. The van der Waals surface area contributed by atoms with E-state index in [1.807, 2.05) is 13.8 Å². The lowest BCUT2D eigenvalue weighted by Gasteiger charge is -2.20. The van der Waals surface area contributed by atoms with Crippen LogP contribution in [-0.2, 0) is 13.0 Å². The first-order valence-electron chi connectivity index (χ1n) is 6.29. The molecular formula is C14H22N2O. The Morgan fingerprint density at radius 1 is 1.41 bits per heavy atom. The molecule has 2 rings (SSSR count). The van der Waals surface area contributed by atoms with Crippen molar-refractivity contribution in [2.75, 3.05) is 13.2 Å². The van der Waals surface area contributed by atoms with Gasteiger partial charge in [-0.25, -0.2) is 0 Å². The SMILES string of the molecule is CC(C)(N)CNCc1ccc2c(c1)CCCO2. The van der Waals surface area contributed by atoms with Crippen LogP contribution in [0.25, 0.3) is 0 Å². The second-order valence-corrected chi connectivity index (χ2v) is 5.49. The molecule has 1 aromatic rings. The minimum absolute atomic E-state index is 0.155. The second-order valence-electron chi connectivity index (χ2n) is 5.49. The van der Waals surface area contributed by atoms with Gasteiger partial charge >= 0.3 is 0 Å². The number of fused-ring (bicyclic) bond motifs is 1. The molecule has 1 aromatic carbocycles. The summed E-state index contributed by atoms with van der Waals surface area (Å²) in [5.74, 6) is 1.05. The van der Waals surface area contributed by atoms with E-state index < -0.39 is 0 Å². The van der Waals surface area contributed by atoms with Crippen LogP contribution in [0.4, 0.5) is 0 Å². The number of benzene rings is 1. The summed E-state index contributed by atoms with van der Waals surface area (Å²) >= 11 is 0. The Morgan fingerprint density at radius 3 is 3.00 bits per heavy atom. The fraction of sp³-hybridized carbons (Fsp3) is 0.571. The Kier molecular flexibility index (Phi) is 3.69. The van der Waals surface area contributed by atoms with Crippen molar-refractivity contribution in [2.24, 2.45) is 5.73 Å². The summed E-state index contributed by atoms with van der Waals surface area (Å²) in [6.45, 7) is 6.60. The molecule has 0 radical (unpaired) electrons. The van der Waals surface area contributed by atoms with E-state index in [4.69, 9.17) is 10.5 Å². The highest BCUT2D eigenvalue weighted by Crippen LogP contribution is 2.25. The largest absolute Gasteiger partial charge is 0.493 e. The van der Waals surface area contributed by atoms with Crippen LogP contribution >= 0.6 is 0 Å². The van der Waals surface area contributed by atoms with Crippen molar-refractivity contribution in [3.05, 3.63) is 29.3 Å². The Morgan fingerprint density at radius 2 is 2.24 bits per heavy atom. The zero-order valence-corrected chi connectivity index (χ0v) is 10.8. The molecule has 1 aliphatic heterocycles. The van der Waals surface area contributed by atoms with Gasteiger partial charge in [0.1, 0.15) is 5.75 Å². The smallest absolute Gasteiger partial charge is 0.122 e. The van der Waals surface area contributed by atoms with E-state index in [1.54, 1.807) is 0 Å². The number of ether oxygens (including phenoxy) is 1. The van der Waals surface area contributed by atoms with Crippen LogP contribution < -0.4 is 15.8 Å². The van der Waals surface area contributed by atoms with Crippen LogP contribution in [-0.4, -0.2) is 18.7 Å². The van der Waals surface area contributed by atoms with Gasteiger partial charge in [-0.1, -0.05) is 12.1 Å². The number of hydrogen-bond donors (Lipinski definition) is 2. The first-order valence-corrected chi connectivity index (χ1v) is 6.29. The molecule has 0 unspecified atom stereocenters. The number of rotatable bonds is 4. The van der Waals surface area contributed by atoms with E-state index in [-0.39, 0.29) is 5.54 Å². The van der Waals surface area contributed by atoms with Gasteiger partial charge in [-0.2, -0.15) is 0 Å². The summed E-state index contributed by atoms with van der Waals surface area (Å²) in [4.78, 5) is 0. The monoisotopic (exact) mass is 234 g/mol. The molecule has 3 nitrogen and oxygen atoms in total. The van der Waals surface area contributed by atoms with Crippen molar-refractivity contribution in [1.82, 2.24) is 5.32 Å². The third-order valence-electron chi connectivity index (χ3n) is 2.88. The van der Waals surface area contributed by atoms with Crippen LogP contribution in [0.1, 0.15) is 31.4 Å². The number of nitrogens with one attached hydrogen (secondary N) is 1. The minimum Gasteiger partial charge on any atom is -0.493 e. The average Bonchev–Trinajstić information content (AvgIpc) is 2.27. The summed E-state index contributed by atoms with van der Waals surface area (Å²) in [7, 11) is 0. The van der Waals surface area contributed by atoms with Gasteiger partial charge in [-0.3, -0.25) is 0 Å². The fourth-order valence-electron chi connectivity index (χ4n) is 2.05. The molecular weight excluding hydrogens is 212 g/mol. The Balaban J connectivity index is 1.93. The normalized spacial score (nSPS) is 15.2. The van der Waals surface area contributed by atoms with Crippen LogP contribution in [0.5, 0.6) is 5.75 Å². The molecule has 0 atom stereocenters. The maximum absolute atomic E-state index is 5.93. The molecule has 0 saturated heterocycles. The van der Waals surface area contributed by atoms with Crippen LogP contribution in [0.15, 0.2) is 18.2 Å². The molecule has 0 fully saturated rings. The highest BCUT2D eigenvalue weighted by Gasteiger charge is 2.12.